The third kappa shape index (κ3) is 27.3. The van der Waals surface area contributed by atoms with Gasteiger partial charge < -0.3 is 5.11 Å². The molecule has 0 aliphatic heterocycles. The van der Waals surface area contributed by atoms with Crippen LogP contribution in [0.1, 0.15) is 0 Å². The Kier molecular flexibility index (Phi) is 6.75. The van der Waals surface area contributed by atoms with Crippen molar-refractivity contribution in [3.05, 3.63) is 12.7 Å². The standard InChI is InChI=1S/C3H4O2.CH4O4S/c1-2-3(4)5;1-5-6(2,3)4/h2H,1H2,(H,4,5);1H3,(H,2,3,4). The Hall–Kier alpha value is -0.920. The summed E-state index contributed by atoms with van der Waals surface area (Å²) in [6.07, 6.45) is 0.833. The molecule has 0 saturated carbocycles. The highest BCUT2D eigenvalue weighted by atomic mass is 32.3. The average Bonchev–Trinajstić information content (AvgIpc) is 1.88. The zero-order chi connectivity index (χ0) is 9.49. The van der Waals surface area contributed by atoms with Crippen LogP contribution in [-0.2, 0) is 19.4 Å². The molecule has 11 heavy (non-hydrogen) atoms. The van der Waals surface area contributed by atoms with Gasteiger partial charge in [-0.15, -0.1) is 0 Å². The molecule has 0 atom stereocenters. The van der Waals surface area contributed by atoms with E-state index in [9.17, 15) is 13.2 Å². The fourth-order valence-electron chi connectivity index (χ4n) is 0. The van der Waals surface area contributed by atoms with E-state index in [2.05, 4.69) is 10.8 Å². The van der Waals surface area contributed by atoms with E-state index in [1.807, 2.05) is 0 Å². The lowest BCUT2D eigenvalue weighted by molar-refractivity contribution is -0.131. The van der Waals surface area contributed by atoms with Gasteiger partial charge >= 0.3 is 16.4 Å². The first-order valence-electron chi connectivity index (χ1n) is 2.22. The summed E-state index contributed by atoms with van der Waals surface area (Å²) in [7, 11) is -3.29. The minimum Gasteiger partial charge on any atom is -0.478 e. The number of carboxylic acid groups (broad SMARTS) is 1. The summed E-state index contributed by atoms with van der Waals surface area (Å²) in [4.78, 5) is 9.25. The van der Waals surface area contributed by atoms with Gasteiger partial charge in [-0.25, -0.2) is 4.79 Å². The third-order valence-electron chi connectivity index (χ3n) is 0.385. The van der Waals surface area contributed by atoms with E-state index < -0.39 is 16.4 Å². The Morgan fingerprint density at radius 1 is 1.64 bits per heavy atom. The van der Waals surface area contributed by atoms with E-state index in [1.165, 1.54) is 0 Å². The molecule has 0 heterocycles. The van der Waals surface area contributed by atoms with Crippen LogP contribution in [-0.4, -0.2) is 31.2 Å². The van der Waals surface area contributed by atoms with Gasteiger partial charge in [0.15, 0.2) is 0 Å². The minimum atomic E-state index is -4.16. The molecule has 0 aliphatic carbocycles. The average molecular weight is 184 g/mol. The van der Waals surface area contributed by atoms with E-state index >= 15 is 0 Å². The van der Waals surface area contributed by atoms with Crippen LogP contribution in [0.5, 0.6) is 0 Å². The first kappa shape index (κ1) is 12.7. The van der Waals surface area contributed by atoms with Crippen molar-refractivity contribution in [3.63, 3.8) is 0 Å². The van der Waals surface area contributed by atoms with E-state index in [-0.39, 0.29) is 0 Å². The van der Waals surface area contributed by atoms with Crippen LogP contribution >= 0.6 is 0 Å². The molecule has 0 saturated heterocycles. The molecule has 0 unspecified atom stereocenters. The maximum absolute atomic E-state index is 9.33. The molecule has 2 N–H and O–H groups in total. The third-order valence-corrected chi connectivity index (χ3v) is 0.806. The SMILES string of the molecule is C=CC(=O)O.COS(=O)(=O)O. The molecule has 0 spiro atoms. The maximum atomic E-state index is 9.33. The summed E-state index contributed by atoms with van der Waals surface area (Å²) in [5.74, 6) is -0.981. The van der Waals surface area contributed by atoms with Gasteiger partial charge in [0.25, 0.3) is 0 Å². The molecule has 66 valence electrons. The van der Waals surface area contributed by atoms with Crippen LogP contribution < -0.4 is 0 Å². The molecular formula is C4H8O6S. The summed E-state index contributed by atoms with van der Waals surface area (Å²) in [5, 5.41) is 7.60. The highest BCUT2D eigenvalue weighted by Gasteiger charge is 1.93. The Morgan fingerprint density at radius 2 is 1.82 bits per heavy atom. The highest BCUT2D eigenvalue weighted by Crippen LogP contribution is 1.74. The second-order valence-electron chi connectivity index (χ2n) is 1.14. The van der Waals surface area contributed by atoms with Gasteiger partial charge in [0, 0.05) is 6.08 Å². The Bertz CT molecular complexity index is 215. The molecule has 0 bridgehead atoms. The van der Waals surface area contributed by atoms with Gasteiger partial charge in [-0.2, -0.15) is 8.42 Å². The van der Waals surface area contributed by atoms with E-state index in [4.69, 9.17) is 9.66 Å². The smallest absolute Gasteiger partial charge is 0.397 e. The number of carboxylic acids is 1. The molecular weight excluding hydrogens is 176 g/mol. The number of hydrogen-bond donors (Lipinski definition) is 2. The largest absolute Gasteiger partial charge is 0.478 e. The monoisotopic (exact) mass is 184 g/mol. The predicted octanol–water partition coefficient (Wildman–Crippen LogP) is -0.307. The Labute approximate surface area is 64.1 Å². The molecule has 0 radical (unpaired) electrons. The summed E-state index contributed by atoms with van der Waals surface area (Å²) < 4.78 is 29.7. The predicted molar refractivity (Wildman–Crippen MR) is 36.4 cm³/mol. The maximum Gasteiger partial charge on any atom is 0.397 e. The molecule has 0 aromatic rings. The van der Waals surface area contributed by atoms with Crippen molar-refractivity contribution < 1.29 is 27.1 Å². The number of rotatable bonds is 2. The second-order valence-corrected chi connectivity index (χ2v) is 2.33. The normalized spacial score (nSPS) is 9.27. The van der Waals surface area contributed by atoms with Crippen molar-refractivity contribution in [2.75, 3.05) is 7.11 Å². The fourth-order valence-corrected chi connectivity index (χ4v) is 0. The topological polar surface area (TPSA) is 101 Å². The summed E-state index contributed by atoms with van der Waals surface area (Å²) >= 11 is 0. The zero-order valence-corrected chi connectivity index (χ0v) is 6.54. The van der Waals surface area contributed by atoms with Crippen molar-refractivity contribution in [1.82, 2.24) is 0 Å². The van der Waals surface area contributed by atoms with Crippen LogP contribution in [0.3, 0.4) is 0 Å². The van der Waals surface area contributed by atoms with Gasteiger partial charge in [-0.3, -0.25) is 8.74 Å². The van der Waals surface area contributed by atoms with Crippen LogP contribution in [0.4, 0.5) is 0 Å². The van der Waals surface area contributed by atoms with Crippen LogP contribution in [0.2, 0.25) is 0 Å². The molecule has 7 heteroatoms. The molecule has 0 aromatic heterocycles. The van der Waals surface area contributed by atoms with Crippen molar-refractivity contribution in [2.45, 2.75) is 0 Å². The van der Waals surface area contributed by atoms with Crippen molar-refractivity contribution in [3.8, 4) is 0 Å². The van der Waals surface area contributed by atoms with Gasteiger partial charge in [-0.05, 0) is 0 Å². The second kappa shape index (κ2) is 5.83. The highest BCUT2D eigenvalue weighted by molar-refractivity contribution is 7.80. The van der Waals surface area contributed by atoms with E-state index in [0.717, 1.165) is 13.2 Å². The fraction of sp³-hybridized carbons (Fsp3) is 0.250. The van der Waals surface area contributed by atoms with Gasteiger partial charge in [0.2, 0.25) is 0 Å². The summed E-state index contributed by atoms with van der Waals surface area (Å²) in [6, 6.07) is 0. The number of aliphatic carboxylic acids is 1. The van der Waals surface area contributed by atoms with Crippen LogP contribution in [0, 0.1) is 0 Å². The Morgan fingerprint density at radius 3 is 1.82 bits per heavy atom. The van der Waals surface area contributed by atoms with Crippen molar-refractivity contribution in [1.29, 1.82) is 0 Å². The first-order chi connectivity index (χ1) is 4.83. The zero-order valence-electron chi connectivity index (χ0n) is 5.72. The summed E-state index contributed by atoms with van der Waals surface area (Å²) in [5.41, 5.74) is 0. The number of hydrogen-bond acceptors (Lipinski definition) is 4. The molecule has 0 amide bonds. The summed E-state index contributed by atoms with van der Waals surface area (Å²) in [6.45, 7) is 2.96. The van der Waals surface area contributed by atoms with Crippen LogP contribution in [0.25, 0.3) is 0 Å². The molecule has 0 aromatic carbocycles. The first-order valence-corrected chi connectivity index (χ1v) is 3.58. The van der Waals surface area contributed by atoms with Gasteiger partial charge in [-0.1, -0.05) is 6.58 Å². The lowest BCUT2D eigenvalue weighted by atomic mass is 10.7. The molecule has 0 rings (SSSR count). The number of carbonyl (C=O) groups is 1. The quantitative estimate of drug-likeness (QED) is 0.451. The van der Waals surface area contributed by atoms with Gasteiger partial charge in [0.1, 0.15) is 0 Å². The van der Waals surface area contributed by atoms with E-state index in [1.54, 1.807) is 0 Å². The molecule has 0 aliphatic rings. The molecule has 0 fully saturated rings. The lowest BCUT2D eigenvalue weighted by Crippen LogP contribution is -1.96. The van der Waals surface area contributed by atoms with Crippen molar-refractivity contribution in [2.24, 2.45) is 0 Å². The van der Waals surface area contributed by atoms with Crippen LogP contribution in [0.15, 0.2) is 12.7 Å². The lowest BCUT2D eigenvalue weighted by Gasteiger charge is -1.82. The van der Waals surface area contributed by atoms with Gasteiger partial charge in [0.05, 0.1) is 7.11 Å². The Balaban J connectivity index is 0. The van der Waals surface area contributed by atoms with Crippen molar-refractivity contribution >= 4 is 16.4 Å². The molecule has 6 nitrogen and oxygen atoms in total. The minimum absolute atomic E-state index is 0.833. The van der Waals surface area contributed by atoms with E-state index in [0.29, 0.717) is 0 Å².